The molecule has 33 heavy (non-hydrogen) atoms. The van der Waals surface area contributed by atoms with E-state index in [2.05, 4.69) is 13.8 Å². The van der Waals surface area contributed by atoms with E-state index in [4.69, 9.17) is 0 Å². The fourth-order valence-corrected chi connectivity index (χ4v) is 5.20. The molecule has 0 unspecified atom stereocenters. The molecule has 0 heteroatoms. The fourth-order valence-electron chi connectivity index (χ4n) is 5.20. The summed E-state index contributed by atoms with van der Waals surface area (Å²) in [6.07, 6.45) is 45.3. The van der Waals surface area contributed by atoms with E-state index < -0.39 is 0 Å². The molecule has 1 radical (unpaired) electrons. The van der Waals surface area contributed by atoms with Gasteiger partial charge in [-0.15, -0.1) is 0 Å². The summed E-state index contributed by atoms with van der Waals surface area (Å²) in [5.74, 6) is 0. The van der Waals surface area contributed by atoms with Gasteiger partial charge in [0, 0.05) is 0 Å². The van der Waals surface area contributed by atoms with Crippen LogP contribution >= 0.6 is 0 Å². The largest absolute Gasteiger partial charge is 0.0654 e. The van der Waals surface area contributed by atoms with Gasteiger partial charge in [0.1, 0.15) is 0 Å². The zero-order valence-corrected chi connectivity index (χ0v) is 23.6. The van der Waals surface area contributed by atoms with Crippen LogP contribution < -0.4 is 0 Å². The van der Waals surface area contributed by atoms with Crippen molar-refractivity contribution in [3.05, 3.63) is 6.92 Å². The van der Waals surface area contributed by atoms with Crippen LogP contribution in [0.25, 0.3) is 0 Å². The molecular weight excluding hydrogens is 396 g/mol. The number of hydrogen-bond donors (Lipinski definition) is 0. The average molecular weight is 464 g/mol. The van der Waals surface area contributed by atoms with Crippen LogP contribution in [-0.4, -0.2) is 0 Å². The molecule has 0 saturated heterocycles. The third kappa shape index (κ3) is 32.0. The second-order valence-corrected chi connectivity index (χ2v) is 11.1. The van der Waals surface area contributed by atoms with Gasteiger partial charge in [0.05, 0.1) is 0 Å². The van der Waals surface area contributed by atoms with E-state index >= 15 is 0 Å². The van der Waals surface area contributed by atoms with Gasteiger partial charge in [0.15, 0.2) is 0 Å². The normalized spacial score (nSPS) is 11.5. The maximum Gasteiger partial charge on any atom is -0.0533 e. The molecule has 0 nitrogen and oxygen atoms in total. The van der Waals surface area contributed by atoms with Crippen molar-refractivity contribution in [2.75, 3.05) is 0 Å². The Bertz CT molecular complexity index is 277. The van der Waals surface area contributed by atoms with E-state index in [0.717, 1.165) is 6.42 Å². The Labute approximate surface area is 212 Å². The molecule has 199 valence electrons. The highest BCUT2D eigenvalue weighted by molar-refractivity contribution is 4.52. The predicted octanol–water partition coefficient (Wildman–Crippen LogP) is 12.9. The van der Waals surface area contributed by atoms with Gasteiger partial charge in [-0.1, -0.05) is 213 Å². The van der Waals surface area contributed by atoms with Gasteiger partial charge in [-0.25, -0.2) is 0 Å². The summed E-state index contributed by atoms with van der Waals surface area (Å²) in [5, 5.41) is 0. The van der Waals surface area contributed by atoms with Crippen LogP contribution in [0.15, 0.2) is 0 Å². The van der Waals surface area contributed by atoms with Gasteiger partial charge >= 0.3 is 0 Å². The lowest BCUT2D eigenvalue weighted by Crippen LogP contribution is -1.85. The SMILES string of the molecule is [CH2]CCCCCCCCCCCCCCCCCCCCCCCCCCCCCCCC. The molecule has 0 rings (SSSR count). The maximum absolute atomic E-state index is 3.92. The van der Waals surface area contributed by atoms with Gasteiger partial charge in [0.25, 0.3) is 0 Å². The number of rotatable bonds is 30. The Kier molecular flexibility index (Phi) is 32.0. The van der Waals surface area contributed by atoms with Crippen molar-refractivity contribution in [3.8, 4) is 0 Å². The van der Waals surface area contributed by atoms with Crippen LogP contribution in [0.1, 0.15) is 206 Å². The van der Waals surface area contributed by atoms with E-state index in [1.807, 2.05) is 0 Å². The van der Waals surface area contributed by atoms with Gasteiger partial charge in [-0.2, -0.15) is 0 Å². The smallest absolute Gasteiger partial charge is 0.0533 e. The lowest BCUT2D eigenvalue weighted by molar-refractivity contribution is 0.513. The Morgan fingerprint density at radius 1 is 0.242 bits per heavy atom. The van der Waals surface area contributed by atoms with Crippen molar-refractivity contribution < 1.29 is 0 Å². The highest BCUT2D eigenvalue weighted by Crippen LogP contribution is 2.16. The minimum Gasteiger partial charge on any atom is -0.0654 e. The lowest BCUT2D eigenvalue weighted by Gasteiger charge is -2.04. The van der Waals surface area contributed by atoms with Crippen molar-refractivity contribution in [2.45, 2.75) is 206 Å². The minimum absolute atomic E-state index is 1.12. The molecule has 0 aromatic rings. The van der Waals surface area contributed by atoms with E-state index in [0.29, 0.717) is 0 Å². The van der Waals surface area contributed by atoms with Crippen molar-refractivity contribution in [1.82, 2.24) is 0 Å². The topological polar surface area (TPSA) is 0 Å². The first kappa shape index (κ1) is 33.0. The third-order valence-corrected chi connectivity index (χ3v) is 7.60. The lowest BCUT2D eigenvalue weighted by atomic mass is 10.0. The molecular formula is C33H67. The average Bonchev–Trinajstić information content (AvgIpc) is 2.83. The second kappa shape index (κ2) is 32.0. The summed E-state index contributed by atoms with van der Waals surface area (Å²) >= 11 is 0. The molecule has 0 atom stereocenters. The Morgan fingerprint density at radius 2 is 0.394 bits per heavy atom. The number of unbranched alkanes of at least 4 members (excludes halogenated alkanes) is 30. The van der Waals surface area contributed by atoms with E-state index in [1.165, 1.54) is 193 Å². The van der Waals surface area contributed by atoms with E-state index in [1.54, 1.807) is 0 Å². The third-order valence-electron chi connectivity index (χ3n) is 7.60. The second-order valence-electron chi connectivity index (χ2n) is 11.1. The summed E-state index contributed by atoms with van der Waals surface area (Å²) in [6, 6.07) is 0. The first-order valence-corrected chi connectivity index (χ1v) is 16.2. The summed E-state index contributed by atoms with van der Waals surface area (Å²) < 4.78 is 0. The Hall–Kier alpha value is 0. The molecule has 0 aliphatic rings. The van der Waals surface area contributed by atoms with Crippen LogP contribution in [0.4, 0.5) is 0 Å². The van der Waals surface area contributed by atoms with Crippen molar-refractivity contribution >= 4 is 0 Å². The van der Waals surface area contributed by atoms with E-state index in [-0.39, 0.29) is 0 Å². The fraction of sp³-hybridized carbons (Fsp3) is 0.970. The van der Waals surface area contributed by atoms with Gasteiger partial charge in [-0.3, -0.25) is 0 Å². The van der Waals surface area contributed by atoms with Crippen LogP contribution in [-0.2, 0) is 0 Å². The van der Waals surface area contributed by atoms with Gasteiger partial charge in [0.2, 0.25) is 0 Å². The molecule has 0 heterocycles. The molecule has 0 spiro atoms. The minimum atomic E-state index is 1.12. The molecule has 0 bridgehead atoms. The predicted molar refractivity (Wildman–Crippen MR) is 154 cm³/mol. The zero-order chi connectivity index (χ0) is 23.9. The first-order valence-electron chi connectivity index (χ1n) is 16.2. The highest BCUT2D eigenvalue weighted by atomic mass is 14.0. The standard InChI is InChI=1S/C33H67/c1-3-5-7-9-11-13-15-17-19-21-23-25-27-29-31-33-32-30-28-26-24-22-20-18-16-14-12-10-8-6-4-2/h1,3-33H2,2H3. The molecule has 0 aliphatic carbocycles. The van der Waals surface area contributed by atoms with Crippen LogP contribution in [0.3, 0.4) is 0 Å². The highest BCUT2D eigenvalue weighted by Gasteiger charge is 1.96. The number of hydrogen-bond acceptors (Lipinski definition) is 0. The molecule has 0 fully saturated rings. The van der Waals surface area contributed by atoms with Gasteiger partial charge < -0.3 is 0 Å². The van der Waals surface area contributed by atoms with Crippen LogP contribution in [0, 0.1) is 6.92 Å². The van der Waals surface area contributed by atoms with Crippen molar-refractivity contribution in [3.63, 3.8) is 0 Å². The monoisotopic (exact) mass is 464 g/mol. The zero-order valence-electron chi connectivity index (χ0n) is 23.6. The molecule has 0 amide bonds. The quantitative estimate of drug-likeness (QED) is 0.0929. The van der Waals surface area contributed by atoms with E-state index in [9.17, 15) is 0 Å². The summed E-state index contributed by atoms with van der Waals surface area (Å²) in [7, 11) is 0. The van der Waals surface area contributed by atoms with Crippen LogP contribution in [0.5, 0.6) is 0 Å². The summed E-state index contributed by atoms with van der Waals surface area (Å²) in [6.45, 7) is 6.23. The molecule has 0 saturated carbocycles. The molecule has 0 aromatic carbocycles. The molecule has 0 N–H and O–H groups in total. The van der Waals surface area contributed by atoms with Gasteiger partial charge in [-0.05, 0) is 0 Å². The Morgan fingerprint density at radius 3 is 0.545 bits per heavy atom. The molecule has 0 aliphatic heterocycles. The van der Waals surface area contributed by atoms with Crippen LogP contribution in [0.2, 0.25) is 0 Å². The summed E-state index contributed by atoms with van der Waals surface area (Å²) in [4.78, 5) is 0. The molecule has 0 aromatic heterocycles. The first-order chi connectivity index (χ1) is 16.4. The maximum atomic E-state index is 3.92. The van der Waals surface area contributed by atoms with Crippen molar-refractivity contribution in [2.24, 2.45) is 0 Å². The summed E-state index contributed by atoms with van der Waals surface area (Å²) in [5.41, 5.74) is 0. The van der Waals surface area contributed by atoms with Crippen molar-refractivity contribution in [1.29, 1.82) is 0 Å². The Balaban J connectivity index is 2.99.